The highest BCUT2D eigenvalue weighted by atomic mass is 16.5. The smallest absolute Gasteiger partial charge is 0.293 e. The fourth-order valence-electron chi connectivity index (χ4n) is 1.31. The molecular weight excluding hydrogens is 164 g/mol. The van der Waals surface area contributed by atoms with Crippen LogP contribution in [0.5, 0.6) is 0 Å². The van der Waals surface area contributed by atoms with E-state index in [0.29, 0.717) is 19.0 Å². The van der Waals surface area contributed by atoms with Crippen LogP contribution < -0.4 is 0 Å². The molecule has 2 atom stereocenters. The summed E-state index contributed by atoms with van der Waals surface area (Å²) >= 11 is 0. The first-order valence-corrected chi connectivity index (χ1v) is 5.25. The predicted octanol–water partition coefficient (Wildman–Crippen LogP) is 3.01. The Hall–Kier alpha value is -0.530. The summed E-state index contributed by atoms with van der Waals surface area (Å²) in [6, 6.07) is 0. The molecule has 0 bridgehead atoms. The molecule has 0 aromatic heterocycles. The zero-order valence-electron chi connectivity index (χ0n) is 9.08. The van der Waals surface area contributed by atoms with Crippen LogP contribution in [0.3, 0.4) is 0 Å². The van der Waals surface area contributed by atoms with Crippen molar-refractivity contribution in [2.45, 2.75) is 46.5 Å². The fourth-order valence-corrected chi connectivity index (χ4v) is 1.31. The normalized spacial score (nSPS) is 15.0. The lowest BCUT2D eigenvalue weighted by Gasteiger charge is -2.11. The van der Waals surface area contributed by atoms with Crippen molar-refractivity contribution in [2.75, 3.05) is 6.61 Å². The second-order valence-corrected chi connectivity index (χ2v) is 3.98. The molecule has 0 aliphatic heterocycles. The van der Waals surface area contributed by atoms with Gasteiger partial charge in [-0.1, -0.05) is 40.0 Å². The van der Waals surface area contributed by atoms with E-state index in [-0.39, 0.29) is 0 Å². The van der Waals surface area contributed by atoms with Crippen LogP contribution in [-0.2, 0) is 9.53 Å². The van der Waals surface area contributed by atoms with Crippen LogP contribution in [0.15, 0.2) is 0 Å². The Morgan fingerprint density at radius 2 is 1.85 bits per heavy atom. The standard InChI is InChI=1S/C11H22O2/c1-4-10(2)6-5-7-11(3)8-13-9-12/h9-11H,4-8H2,1-3H3. The number of carbonyl (C=O) groups excluding carboxylic acids is 1. The lowest BCUT2D eigenvalue weighted by molar-refractivity contribution is -0.129. The summed E-state index contributed by atoms with van der Waals surface area (Å²) < 4.78 is 4.70. The van der Waals surface area contributed by atoms with Gasteiger partial charge in [0.1, 0.15) is 0 Å². The first-order chi connectivity index (χ1) is 6.20. The SMILES string of the molecule is CCC(C)CCCC(C)COC=O. The molecule has 2 unspecified atom stereocenters. The molecule has 2 heteroatoms. The van der Waals surface area contributed by atoms with Crippen LogP contribution in [-0.4, -0.2) is 13.1 Å². The largest absolute Gasteiger partial charge is 0.468 e. The molecule has 0 N–H and O–H groups in total. The molecule has 0 fully saturated rings. The van der Waals surface area contributed by atoms with E-state index in [9.17, 15) is 4.79 Å². The molecule has 0 amide bonds. The van der Waals surface area contributed by atoms with Crippen LogP contribution in [0.25, 0.3) is 0 Å². The number of rotatable bonds is 8. The Bertz CT molecular complexity index is 123. The lowest BCUT2D eigenvalue weighted by atomic mass is 9.97. The van der Waals surface area contributed by atoms with Crippen molar-refractivity contribution in [2.24, 2.45) is 11.8 Å². The van der Waals surface area contributed by atoms with E-state index < -0.39 is 0 Å². The van der Waals surface area contributed by atoms with Crippen molar-refractivity contribution >= 4 is 6.47 Å². The number of hydrogen-bond donors (Lipinski definition) is 0. The molecule has 0 aliphatic rings. The lowest BCUT2D eigenvalue weighted by Crippen LogP contribution is -2.05. The van der Waals surface area contributed by atoms with Gasteiger partial charge in [-0.3, -0.25) is 4.79 Å². The Morgan fingerprint density at radius 3 is 2.38 bits per heavy atom. The van der Waals surface area contributed by atoms with Crippen molar-refractivity contribution in [1.29, 1.82) is 0 Å². The molecule has 0 radical (unpaired) electrons. The molecule has 2 nitrogen and oxygen atoms in total. The molecule has 0 aromatic rings. The molecule has 0 aromatic carbocycles. The van der Waals surface area contributed by atoms with E-state index in [2.05, 4.69) is 20.8 Å². The molecule has 78 valence electrons. The Labute approximate surface area is 81.7 Å². The van der Waals surface area contributed by atoms with Crippen LogP contribution >= 0.6 is 0 Å². The third kappa shape index (κ3) is 7.82. The van der Waals surface area contributed by atoms with Crippen molar-refractivity contribution in [3.63, 3.8) is 0 Å². The zero-order chi connectivity index (χ0) is 10.1. The summed E-state index contributed by atoms with van der Waals surface area (Å²) in [5.74, 6) is 1.34. The van der Waals surface area contributed by atoms with E-state index in [0.717, 1.165) is 12.3 Å². The summed E-state index contributed by atoms with van der Waals surface area (Å²) in [4.78, 5) is 9.92. The maximum Gasteiger partial charge on any atom is 0.293 e. The van der Waals surface area contributed by atoms with Crippen LogP contribution in [0, 0.1) is 11.8 Å². The van der Waals surface area contributed by atoms with Gasteiger partial charge in [-0.05, 0) is 18.3 Å². The van der Waals surface area contributed by atoms with E-state index in [1.54, 1.807) is 0 Å². The second-order valence-electron chi connectivity index (χ2n) is 3.98. The minimum Gasteiger partial charge on any atom is -0.468 e. The van der Waals surface area contributed by atoms with E-state index in [4.69, 9.17) is 4.74 Å². The average molecular weight is 186 g/mol. The van der Waals surface area contributed by atoms with Gasteiger partial charge in [-0.25, -0.2) is 0 Å². The van der Waals surface area contributed by atoms with E-state index in [1.807, 2.05) is 0 Å². The van der Waals surface area contributed by atoms with Crippen LogP contribution in [0.2, 0.25) is 0 Å². The molecule has 13 heavy (non-hydrogen) atoms. The maximum absolute atomic E-state index is 9.92. The van der Waals surface area contributed by atoms with Gasteiger partial charge in [-0.15, -0.1) is 0 Å². The predicted molar refractivity (Wildman–Crippen MR) is 54.5 cm³/mol. The van der Waals surface area contributed by atoms with Gasteiger partial charge in [0.25, 0.3) is 6.47 Å². The van der Waals surface area contributed by atoms with Gasteiger partial charge in [0.05, 0.1) is 6.61 Å². The highest BCUT2D eigenvalue weighted by Crippen LogP contribution is 2.14. The highest BCUT2D eigenvalue weighted by Gasteiger charge is 2.04. The monoisotopic (exact) mass is 186 g/mol. The van der Waals surface area contributed by atoms with Crippen molar-refractivity contribution < 1.29 is 9.53 Å². The Morgan fingerprint density at radius 1 is 1.23 bits per heavy atom. The third-order valence-corrected chi connectivity index (χ3v) is 2.54. The molecular formula is C11H22O2. The minimum absolute atomic E-state index is 0.509. The van der Waals surface area contributed by atoms with Gasteiger partial charge in [0.2, 0.25) is 0 Å². The zero-order valence-corrected chi connectivity index (χ0v) is 9.08. The summed E-state index contributed by atoms with van der Waals surface area (Å²) in [7, 11) is 0. The van der Waals surface area contributed by atoms with E-state index >= 15 is 0 Å². The molecule has 0 rings (SSSR count). The van der Waals surface area contributed by atoms with E-state index in [1.165, 1.54) is 19.3 Å². The topological polar surface area (TPSA) is 26.3 Å². The molecule has 0 saturated heterocycles. The summed E-state index contributed by atoms with van der Waals surface area (Å²) in [5.41, 5.74) is 0. The van der Waals surface area contributed by atoms with Gasteiger partial charge in [0, 0.05) is 0 Å². The van der Waals surface area contributed by atoms with Crippen molar-refractivity contribution in [3.05, 3.63) is 0 Å². The van der Waals surface area contributed by atoms with Gasteiger partial charge < -0.3 is 4.74 Å². The second kappa shape index (κ2) is 8.09. The average Bonchev–Trinajstić information content (AvgIpc) is 2.14. The summed E-state index contributed by atoms with van der Waals surface area (Å²) in [6.07, 6.45) is 4.97. The van der Waals surface area contributed by atoms with Gasteiger partial charge in [-0.2, -0.15) is 0 Å². The fraction of sp³-hybridized carbons (Fsp3) is 0.909. The summed E-state index contributed by atoms with van der Waals surface area (Å²) in [5, 5.41) is 0. The van der Waals surface area contributed by atoms with Crippen molar-refractivity contribution in [3.8, 4) is 0 Å². The first-order valence-electron chi connectivity index (χ1n) is 5.25. The van der Waals surface area contributed by atoms with Gasteiger partial charge in [0.15, 0.2) is 0 Å². The Balaban J connectivity index is 3.25. The number of ether oxygens (including phenoxy) is 1. The first kappa shape index (κ1) is 12.5. The maximum atomic E-state index is 9.92. The Kier molecular flexibility index (Phi) is 7.76. The molecule has 0 aliphatic carbocycles. The molecule has 0 spiro atoms. The quantitative estimate of drug-likeness (QED) is 0.545. The van der Waals surface area contributed by atoms with Gasteiger partial charge >= 0.3 is 0 Å². The number of hydrogen-bond acceptors (Lipinski definition) is 2. The molecule has 0 saturated carbocycles. The van der Waals surface area contributed by atoms with Crippen LogP contribution in [0.4, 0.5) is 0 Å². The summed E-state index contributed by atoms with van der Waals surface area (Å²) in [6.45, 7) is 7.74. The molecule has 0 heterocycles. The third-order valence-electron chi connectivity index (χ3n) is 2.54. The number of carbonyl (C=O) groups is 1. The minimum atomic E-state index is 0.509. The van der Waals surface area contributed by atoms with Crippen LogP contribution in [0.1, 0.15) is 46.5 Å². The highest BCUT2D eigenvalue weighted by molar-refractivity contribution is 5.36. The van der Waals surface area contributed by atoms with Crippen molar-refractivity contribution in [1.82, 2.24) is 0 Å².